The van der Waals surface area contributed by atoms with Crippen LogP contribution in [-0.2, 0) is 16.0 Å². The van der Waals surface area contributed by atoms with Crippen LogP contribution >= 0.6 is 0 Å². The average Bonchev–Trinajstić information content (AvgIpc) is 2.49. The van der Waals surface area contributed by atoms with Gasteiger partial charge in [-0.1, -0.05) is 6.07 Å². The molecular formula is C17H16O7. The first-order valence-corrected chi connectivity index (χ1v) is 7.25. The largest absolute Gasteiger partial charge is 0.508 e. The second kappa shape index (κ2) is 5.84. The maximum absolute atomic E-state index is 11.4. The molecule has 0 amide bonds. The average molecular weight is 332 g/mol. The molecule has 2 unspecified atom stereocenters. The Balaban J connectivity index is 2.04. The van der Waals surface area contributed by atoms with Gasteiger partial charge in [0.15, 0.2) is 17.6 Å². The van der Waals surface area contributed by atoms with Crippen molar-refractivity contribution in [2.75, 3.05) is 0 Å². The molecular weight excluding hydrogens is 316 g/mol. The lowest BCUT2D eigenvalue weighted by atomic mass is 9.93. The van der Waals surface area contributed by atoms with Crippen molar-refractivity contribution in [1.82, 2.24) is 0 Å². The van der Waals surface area contributed by atoms with Crippen LogP contribution in [-0.4, -0.2) is 32.5 Å². The number of benzene rings is 2. The quantitative estimate of drug-likeness (QED) is 0.491. The summed E-state index contributed by atoms with van der Waals surface area (Å²) in [5, 5.41) is 38.7. The van der Waals surface area contributed by atoms with E-state index in [2.05, 4.69) is 0 Å². The van der Waals surface area contributed by atoms with Gasteiger partial charge in [-0.2, -0.15) is 0 Å². The zero-order valence-electron chi connectivity index (χ0n) is 12.8. The third kappa shape index (κ3) is 2.88. The zero-order valence-corrected chi connectivity index (χ0v) is 12.8. The maximum atomic E-state index is 11.4. The maximum Gasteiger partial charge on any atom is 0.303 e. The van der Waals surface area contributed by atoms with Gasteiger partial charge in [0.1, 0.15) is 23.4 Å². The number of carbonyl (C=O) groups is 1. The van der Waals surface area contributed by atoms with E-state index in [-0.39, 0.29) is 35.2 Å². The first-order valence-electron chi connectivity index (χ1n) is 7.25. The standard InChI is InChI=1S/C17H16O7/c1-8(18)23-16-7-11-13(21)5-10(19)6-15(11)24-17(16)9-2-3-12(20)14(22)4-9/h2-6,16-17,19-22H,7H2,1H3. The first-order chi connectivity index (χ1) is 11.3. The van der Waals surface area contributed by atoms with Crippen molar-refractivity contribution >= 4 is 5.97 Å². The van der Waals surface area contributed by atoms with E-state index in [1.165, 1.54) is 37.3 Å². The van der Waals surface area contributed by atoms with Crippen LogP contribution in [0.3, 0.4) is 0 Å². The van der Waals surface area contributed by atoms with Gasteiger partial charge in [0.05, 0.1) is 0 Å². The second-order valence-corrected chi connectivity index (χ2v) is 5.58. The van der Waals surface area contributed by atoms with E-state index in [1.807, 2.05) is 0 Å². The molecule has 2 aromatic rings. The minimum absolute atomic E-state index is 0.158. The van der Waals surface area contributed by atoms with Crippen molar-refractivity contribution in [2.45, 2.75) is 25.6 Å². The smallest absolute Gasteiger partial charge is 0.303 e. The number of fused-ring (bicyclic) bond motifs is 1. The number of aromatic hydroxyl groups is 4. The Morgan fingerprint density at radius 2 is 1.83 bits per heavy atom. The predicted molar refractivity (Wildman–Crippen MR) is 82.2 cm³/mol. The molecule has 3 rings (SSSR count). The third-order valence-corrected chi connectivity index (χ3v) is 3.81. The Morgan fingerprint density at radius 1 is 1.08 bits per heavy atom. The number of phenolic OH excluding ortho intramolecular Hbond substituents is 4. The van der Waals surface area contributed by atoms with E-state index in [4.69, 9.17) is 9.47 Å². The predicted octanol–water partition coefficient (Wildman–Crippen LogP) is 2.12. The summed E-state index contributed by atoms with van der Waals surface area (Å²) in [7, 11) is 0. The fourth-order valence-corrected chi connectivity index (χ4v) is 2.76. The molecule has 0 fully saturated rings. The van der Waals surface area contributed by atoms with Crippen LogP contribution in [0.15, 0.2) is 30.3 Å². The minimum Gasteiger partial charge on any atom is -0.508 e. The van der Waals surface area contributed by atoms with Crippen molar-refractivity contribution < 1.29 is 34.7 Å². The Morgan fingerprint density at radius 3 is 2.50 bits per heavy atom. The van der Waals surface area contributed by atoms with Crippen LogP contribution < -0.4 is 4.74 Å². The lowest BCUT2D eigenvalue weighted by Crippen LogP contribution is -2.34. The molecule has 1 aliphatic rings. The van der Waals surface area contributed by atoms with Crippen LogP contribution in [0.1, 0.15) is 24.2 Å². The summed E-state index contributed by atoms with van der Waals surface area (Å²) < 4.78 is 11.1. The summed E-state index contributed by atoms with van der Waals surface area (Å²) in [5.74, 6) is -1.19. The molecule has 0 aliphatic carbocycles. The minimum atomic E-state index is -0.769. The molecule has 4 N–H and O–H groups in total. The number of rotatable bonds is 2. The van der Waals surface area contributed by atoms with Crippen molar-refractivity contribution in [3.8, 4) is 28.7 Å². The van der Waals surface area contributed by atoms with E-state index in [9.17, 15) is 25.2 Å². The zero-order chi connectivity index (χ0) is 17.4. The van der Waals surface area contributed by atoms with Gasteiger partial charge in [-0.25, -0.2) is 0 Å². The number of phenols is 4. The van der Waals surface area contributed by atoms with Gasteiger partial charge < -0.3 is 29.9 Å². The number of carbonyl (C=O) groups excluding carboxylic acids is 1. The highest BCUT2D eigenvalue weighted by molar-refractivity contribution is 5.66. The molecule has 1 heterocycles. The summed E-state index contributed by atoms with van der Waals surface area (Å²) in [6.45, 7) is 1.26. The van der Waals surface area contributed by atoms with Crippen LogP contribution in [0.5, 0.6) is 28.7 Å². The van der Waals surface area contributed by atoms with Crippen molar-refractivity contribution in [3.05, 3.63) is 41.5 Å². The van der Waals surface area contributed by atoms with Gasteiger partial charge in [-0.3, -0.25) is 4.79 Å². The Bertz CT molecular complexity index is 800. The van der Waals surface area contributed by atoms with Crippen LogP contribution in [0, 0.1) is 0 Å². The highest BCUT2D eigenvalue weighted by atomic mass is 16.6. The van der Waals surface area contributed by atoms with E-state index in [0.29, 0.717) is 11.1 Å². The van der Waals surface area contributed by atoms with E-state index < -0.39 is 18.2 Å². The summed E-state index contributed by atoms with van der Waals surface area (Å²) >= 11 is 0. The molecule has 2 aromatic carbocycles. The monoisotopic (exact) mass is 332 g/mol. The van der Waals surface area contributed by atoms with Crippen molar-refractivity contribution in [2.24, 2.45) is 0 Å². The second-order valence-electron chi connectivity index (χ2n) is 5.58. The highest BCUT2D eigenvalue weighted by Gasteiger charge is 2.35. The number of ether oxygens (including phenoxy) is 2. The Hall–Kier alpha value is -3.09. The van der Waals surface area contributed by atoms with Crippen LogP contribution in [0.2, 0.25) is 0 Å². The first kappa shape index (κ1) is 15.8. The molecule has 7 heteroatoms. The lowest BCUT2D eigenvalue weighted by Gasteiger charge is -2.33. The molecule has 2 atom stereocenters. The molecule has 0 saturated carbocycles. The molecule has 7 nitrogen and oxygen atoms in total. The normalized spacial score (nSPS) is 19.2. The molecule has 0 spiro atoms. The lowest BCUT2D eigenvalue weighted by molar-refractivity contribution is -0.152. The molecule has 24 heavy (non-hydrogen) atoms. The topological polar surface area (TPSA) is 116 Å². The summed E-state index contributed by atoms with van der Waals surface area (Å²) in [4.78, 5) is 11.4. The van der Waals surface area contributed by atoms with Crippen LogP contribution in [0.4, 0.5) is 0 Å². The number of hydrogen-bond acceptors (Lipinski definition) is 7. The molecule has 0 saturated heterocycles. The van der Waals surface area contributed by atoms with Crippen molar-refractivity contribution in [3.63, 3.8) is 0 Å². The van der Waals surface area contributed by atoms with Gasteiger partial charge in [0.25, 0.3) is 0 Å². The molecule has 126 valence electrons. The summed E-state index contributed by atoms with van der Waals surface area (Å²) in [6.07, 6.45) is -1.34. The van der Waals surface area contributed by atoms with Gasteiger partial charge >= 0.3 is 5.97 Å². The third-order valence-electron chi connectivity index (χ3n) is 3.81. The van der Waals surface area contributed by atoms with Crippen LogP contribution in [0.25, 0.3) is 0 Å². The fourth-order valence-electron chi connectivity index (χ4n) is 2.76. The Kier molecular flexibility index (Phi) is 3.84. The highest BCUT2D eigenvalue weighted by Crippen LogP contribution is 2.43. The van der Waals surface area contributed by atoms with Gasteiger partial charge in [-0.05, 0) is 12.1 Å². The molecule has 0 radical (unpaired) electrons. The summed E-state index contributed by atoms with van der Waals surface area (Å²) in [6, 6.07) is 6.67. The summed E-state index contributed by atoms with van der Waals surface area (Å²) in [5.41, 5.74) is 0.892. The van der Waals surface area contributed by atoms with Gasteiger partial charge in [0, 0.05) is 36.6 Å². The number of hydrogen-bond donors (Lipinski definition) is 4. The Labute approximate surface area is 137 Å². The van der Waals surface area contributed by atoms with E-state index >= 15 is 0 Å². The van der Waals surface area contributed by atoms with Gasteiger partial charge in [0.2, 0.25) is 0 Å². The van der Waals surface area contributed by atoms with Gasteiger partial charge in [-0.15, -0.1) is 0 Å². The molecule has 1 aliphatic heterocycles. The molecule has 0 bridgehead atoms. The van der Waals surface area contributed by atoms with E-state index in [0.717, 1.165) is 0 Å². The molecule has 0 aromatic heterocycles. The van der Waals surface area contributed by atoms with Crippen molar-refractivity contribution in [1.29, 1.82) is 0 Å². The number of esters is 1. The van der Waals surface area contributed by atoms with E-state index in [1.54, 1.807) is 0 Å². The fraction of sp³-hybridized carbons (Fsp3) is 0.235. The SMILES string of the molecule is CC(=O)OC1Cc2c(O)cc(O)cc2OC1c1ccc(O)c(O)c1.